The van der Waals surface area contributed by atoms with E-state index in [0.29, 0.717) is 16.7 Å². The van der Waals surface area contributed by atoms with Crippen molar-refractivity contribution in [1.29, 1.82) is 0 Å². The summed E-state index contributed by atoms with van der Waals surface area (Å²) < 4.78 is 5.69. The van der Waals surface area contributed by atoms with Gasteiger partial charge in [0.1, 0.15) is 12.4 Å². The second-order valence-electron chi connectivity index (χ2n) is 4.64. The summed E-state index contributed by atoms with van der Waals surface area (Å²) in [6, 6.07) is 3.63. The number of benzene rings is 1. The molecule has 0 atom stereocenters. The molecule has 4 heteroatoms. The second-order valence-corrected chi connectivity index (χ2v) is 5.43. The molecule has 0 spiro atoms. The molecule has 0 aliphatic heterocycles. The Labute approximate surface area is 126 Å². The molecular formula is C15H23Cl2NO. The molecule has 0 fully saturated rings. The first-order chi connectivity index (χ1) is 9.16. The van der Waals surface area contributed by atoms with E-state index in [9.17, 15) is 0 Å². The molecule has 0 aliphatic rings. The molecule has 0 amide bonds. The van der Waals surface area contributed by atoms with Crippen LogP contribution in [0.25, 0.3) is 0 Å². The van der Waals surface area contributed by atoms with Crippen molar-refractivity contribution >= 4 is 23.2 Å². The summed E-state index contributed by atoms with van der Waals surface area (Å²) in [7, 11) is 0. The Balaban J connectivity index is 2.18. The lowest BCUT2D eigenvalue weighted by Gasteiger charge is -2.11. The van der Waals surface area contributed by atoms with Gasteiger partial charge in [-0.15, -0.1) is 0 Å². The Hall–Kier alpha value is -0.440. The highest BCUT2D eigenvalue weighted by molar-refractivity contribution is 6.42. The van der Waals surface area contributed by atoms with Gasteiger partial charge in [0, 0.05) is 12.1 Å². The Kier molecular flexibility index (Phi) is 8.27. The number of nitrogens with one attached hydrogen (secondary N) is 1. The normalized spacial score (nSPS) is 10.7. The summed E-state index contributed by atoms with van der Waals surface area (Å²) >= 11 is 12.0. The smallest absolute Gasteiger partial charge is 0.123 e. The summed E-state index contributed by atoms with van der Waals surface area (Å²) in [6.45, 7) is 6.70. The van der Waals surface area contributed by atoms with E-state index in [2.05, 4.69) is 12.2 Å². The van der Waals surface area contributed by atoms with E-state index in [4.69, 9.17) is 27.9 Å². The third kappa shape index (κ3) is 6.03. The highest BCUT2D eigenvalue weighted by Crippen LogP contribution is 2.31. The molecule has 0 aromatic heterocycles. The zero-order chi connectivity index (χ0) is 14.1. The van der Waals surface area contributed by atoms with Crippen LogP contribution in [0.3, 0.4) is 0 Å². The highest BCUT2D eigenvalue weighted by Gasteiger charge is 2.07. The van der Waals surface area contributed by atoms with Crippen LogP contribution in [0.4, 0.5) is 0 Å². The quantitative estimate of drug-likeness (QED) is 0.658. The van der Waals surface area contributed by atoms with Crippen LogP contribution in [0.5, 0.6) is 5.75 Å². The molecule has 0 heterocycles. The number of hydrogen-bond acceptors (Lipinski definition) is 2. The summed E-state index contributed by atoms with van der Waals surface area (Å²) in [4.78, 5) is 0. The van der Waals surface area contributed by atoms with E-state index in [1.54, 1.807) is 6.07 Å². The van der Waals surface area contributed by atoms with Gasteiger partial charge in [-0.1, -0.05) is 49.4 Å². The minimum Gasteiger partial charge on any atom is -0.492 e. The zero-order valence-corrected chi connectivity index (χ0v) is 13.3. The largest absolute Gasteiger partial charge is 0.492 e. The van der Waals surface area contributed by atoms with Gasteiger partial charge in [0.15, 0.2) is 0 Å². The van der Waals surface area contributed by atoms with Gasteiger partial charge in [-0.2, -0.15) is 0 Å². The van der Waals surface area contributed by atoms with Crippen molar-refractivity contribution in [1.82, 2.24) is 5.32 Å². The monoisotopic (exact) mass is 303 g/mol. The van der Waals surface area contributed by atoms with Gasteiger partial charge in [-0.3, -0.25) is 0 Å². The summed E-state index contributed by atoms with van der Waals surface area (Å²) in [5.74, 6) is 0.808. The number of unbranched alkanes of at least 4 members (excludes halogenated alkanes) is 3. The third-order valence-electron chi connectivity index (χ3n) is 3.03. The summed E-state index contributed by atoms with van der Waals surface area (Å²) in [5, 5.41) is 4.52. The lowest BCUT2D eigenvalue weighted by atomic mass is 10.2. The Morgan fingerprint density at radius 2 is 1.89 bits per heavy atom. The van der Waals surface area contributed by atoms with Crippen molar-refractivity contribution in [2.45, 2.75) is 39.5 Å². The molecule has 1 aromatic carbocycles. The third-order valence-corrected chi connectivity index (χ3v) is 3.93. The van der Waals surface area contributed by atoms with Crippen LogP contribution >= 0.6 is 23.2 Å². The topological polar surface area (TPSA) is 21.3 Å². The SMILES string of the molecule is CCCCCCNCCOc1ccc(Cl)c(Cl)c1C. The number of hydrogen-bond donors (Lipinski definition) is 1. The highest BCUT2D eigenvalue weighted by atomic mass is 35.5. The number of halogens is 2. The maximum absolute atomic E-state index is 6.07. The average Bonchev–Trinajstić information content (AvgIpc) is 2.41. The minimum atomic E-state index is 0.570. The van der Waals surface area contributed by atoms with Crippen LogP contribution in [0.15, 0.2) is 12.1 Å². The molecule has 0 aliphatic carbocycles. The average molecular weight is 304 g/mol. The zero-order valence-electron chi connectivity index (χ0n) is 11.8. The second kappa shape index (κ2) is 9.46. The predicted octanol–water partition coefficient (Wildman–Crippen LogP) is 4.85. The van der Waals surface area contributed by atoms with Gasteiger partial charge < -0.3 is 10.1 Å². The maximum Gasteiger partial charge on any atom is 0.123 e. The van der Waals surface area contributed by atoms with Crippen molar-refractivity contribution in [3.8, 4) is 5.75 Å². The van der Waals surface area contributed by atoms with Crippen molar-refractivity contribution in [2.24, 2.45) is 0 Å². The lowest BCUT2D eigenvalue weighted by Crippen LogP contribution is -2.22. The Morgan fingerprint density at radius 1 is 1.11 bits per heavy atom. The van der Waals surface area contributed by atoms with E-state index in [-0.39, 0.29) is 0 Å². The van der Waals surface area contributed by atoms with Crippen LogP contribution in [-0.2, 0) is 0 Å². The van der Waals surface area contributed by atoms with Crippen LogP contribution in [-0.4, -0.2) is 19.7 Å². The number of ether oxygens (including phenoxy) is 1. The van der Waals surface area contributed by atoms with Crippen LogP contribution in [0.1, 0.15) is 38.2 Å². The van der Waals surface area contributed by atoms with Crippen LogP contribution in [0, 0.1) is 6.92 Å². The summed E-state index contributed by atoms with van der Waals surface area (Å²) in [6.07, 6.45) is 5.14. The standard InChI is InChI=1S/C15H23Cl2NO/c1-3-4-5-6-9-18-10-11-19-14-8-7-13(16)15(17)12(14)2/h7-8,18H,3-6,9-11H2,1-2H3. The molecule has 0 bridgehead atoms. The van der Waals surface area contributed by atoms with Gasteiger partial charge in [-0.05, 0) is 32.0 Å². The van der Waals surface area contributed by atoms with Crippen molar-refractivity contribution < 1.29 is 4.74 Å². The Morgan fingerprint density at radius 3 is 2.63 bits per heavy atom. The molecule has 1 N–H and O–H groups in total. The van der Waals surface area contributed by atoms with E-state index < -0.39 is 0 Å². The van der Waals surface area contributed by atoms with E-state index in [1.807, 2.05) is 13.0 Å². The fraction of sp³-hybridized carbons (Fsp3) is 0.600. The molecule has 0 saturated carbocycles. The van der Waals surface area contributed by atoms with Crippen molar-refractivity contribution in [3.05, 3.63) is 27.7 Å². The van der Waals surface area contributed by atoms with Crippen LogP contribution < -0.4 is 10.1 Å². The van der Waals surface area contributed by atoms with Crippen LogP contribution in [0.2, 0.25) is 10.0 Å². The molecule has 2 nitrogen and oxygen atoms in total. The molecule has 0 unspecified atom stereocenters. The lowest BCUT2D eigenvalue weighted by molar-refractivity contribution is 0.311. The fourth-order valence-corrected chi connectivity index (χ4v) is 2.19. The van der Waals surface area contributed by atoms with Gasteiger partial charge >= 0.3 is 0 Å². The molecule has 0 saturated heterocycles. The molecule has 1 aromatic rings. The predicted molar refractivity (Wildman–Crippen MR) is 83.7 cm³/mol. The van der Waals surface area contributed by atoms with Gasteiger partial charge in [0.05, 0.1) is 10.0 Å². The van der Waals surface area contributed by atoms with Crippen molar-refractivity contribution in [2.75, 3.05) is 19.7 Å². The van der Waals surface area contributed by atoms with E-state index in [0.717, 1.165) is 24.4 Å². The molecule has 108 valence electrons. The molecular weight excluding hydrogens is 281 g/mol. The molecule has 0 radical (unpaired) electrons. The van der Waals surface area contributed by atoms with E-state index in [1.165, 1.54) is 25.7 Å². The molecule has 19 heavy (non-hydrogen) atoms. The first-order valence-corrected chi connectivity index (χ1v) is 7.70. The number of rotatable bonds is 9. The first-order valence-electron chi connectivity index (χ1n) is 6.95. The van der Waals surface area contributed by atoms with Gasteiger partial charge in [0.25, 0.3) is 0 Å². The molecule has 1 rings (SSSR count). The minimum absolute atomic E-state index is 0.570. The van der Waals surface area contributed by atoms with E-state index >= 15 is 0 Å². The van der Waals surface area contributed by atoms with Gasteiger partial charge in [0.2, 0.25) is 0 Å². The summed E-state index contributed by atoms with van der Waals surface area (Å²) in [5.41, 5.74) is 0.900. The fourth-order valence-electron chi connectivity index (χ4n) is 1.83. The Bertz CT molecular complexity index is 383. The van der Waals surface area contributed by atoms with Gasteiger partial charge in [-0.25, -0.2) is 0 Å². The first kappa shape index (κ1) is 16.6. The van der Waals surface area contributed by atoms with Crippen molar-refractivity contribution in [3.63, 3.8) is 0 Å². The maximum atomic E-state index is 6.07.